The Hall–Kier alpha value is -1.32. The summed E-state index contributed by atoms with van der Waals surface area (Å²) >= 11 is 6.34. The Morgan fingerprint density at radius 2 is 2.11 bits per heavy atom. The summed E-state index contributed by atoms with van der Waals surface area (Å²) in [5, 5.41) is 0.740. The molecule has 3 rings (SSSR count). The predicted octanol–water partition coefficient (Wildman–Crippen LogP) is 2.86. The number of aromatic nitrogens is 2. The zero-order valence-electron chi connectivity index (χ0n) is 10.2. The third kappa shape index (κ3) is 1.84. The molecule has 0 aliphatic heterocycles. The third-order valence-electron chi connectivity index (χ3n) is 3.56. The van der Waals surface area contributed by atoms with Crippen molar-refractivity contribution in [2.24, 2.45) is 5.73 Å². The number of hydrogen-bond donors (Lipinski definition) is 1. The van der Waals surface area contributed by atoms with Crippen molar-refractivity contribution in [2.45, 2.75) is 32.2 Å². The molecule has 0 unspecified atom stereocenters. The third-order valence-corrected chi connectivity index (χ3v) is 3.87. The zero-order chi connectivity index (χ0) is 12.5. The van der Waals surface area contributed by atoms with E-state index < -0.39 is 0 Å². The molecule has 0 saturated carbocycles. The first-order valence-electron chi connectivity index (χ1n) is 6.34. The molecule has 0 fully saturated rings. The molecule has 94 valence electrons. The molecule has 2 aromatic rings. The number of para-hydroxylation sites is 1. The van der Waals surface area contributed by atoms with Crippen molar-refractivity contribution in [1.29, 1.82) is 0 Å². The summed E-state index contributed by atoms with van der Waals surface area (Å²) < 4.78 is 2.12. The molecule has 0 spiro atoms. The van der Waals surface area contributed by atoms with Gasteiger partial charge in [0.25, 0.3) is 0 Å². The van der Waals surface area contributed by atoms with E-state index >= 15 is 0 Å². The van der Waals surface area contributed by atoms with Gasteiger partial charge >= 0.3 is 0 Å². The van der Waals surface area contributed by atoms with E-state index in [-0.39, 0.29) is 0 Å². The molecule has 1 aromatic heterocycles. The van der Waals surface area contributed by atoms with E-state index in [1.807, 2.05) is 24.5 Å². The molecular formula is C14H16ClN3. The standard InChI is InChI=1S/C14H16ClN3/c15-11-5-3-4-10(8-16)14(11)18-9-17-12-6-1-2-7-13(12)18/h3-5,9H,1-2,6-8,16H2. The van der Waals surface area contributed by atoms with Gasteiger partial charge in [-0.25, -0.2) is 4.98 Å². The molecule has 0 radical (unpaired) electrons. The Kier molecular flexibility index (Phi) is 3.10. The van der Waals surface area contributed by atoms with Gasteiger partial charge in [0.05, 0.1) is 22.7 Å². The molecule has 0 saturated heterocycles. The maximum atomic E-state index is 6.34. The van der Waals surface area contributed by atoms with E-state index in [0.717, 1.165) is 29.1 Å². The molecular weight excluding hydrogens is 246 g/mol. The topological polar surface area (TPSA) is 43.8 Å². The van der Waals surface area contributed by atoms with Gasteiger partial charge in [0.15, 0.2) is 0 Å². The second-order valence-electron chi connectivity index (χ2n) is 4.67. The lowest BCUT2D eigenvalue weighted by Gasteiger charge is -2.17. The van der Waals surface area contributed by atoms with Crippen LogP contribution in [0.3, 0.4) is 0 Å². The minimum atomic E-state index is 0.489. The van der Waals surface area contributed by atoms with Gasteiger partial charge in [-0.2, -0.15) is 0 Å². The van der Waals surface area contributed by atoms with Gasteiger partial charge in [-0.3, -0.25) is 0 Å². The summed E-state index contributed by atoms with van der Waals surface area (Å²) in [5.74, 6) is 0. The largest absolute Gasteiger partial charge is 0.326 e. The van der Waals surface area contributed by atoms with Crippen LogP contribution in [0.1, 0.15) is 29.8 Å². The summed E-state index contributed by atoms with van der Waals surface area (Å²) in [6.45, 7) is 0.489. The number of benzene rings is 1. The van der Waals surface area contributed by atoms with E-state index in [1.165, 1.54) is 24.2 Å². The van der Waals surface area contributed by atoms with Crippen LogP contribution in [0.15, 0.2) is 24.5 Å². The van der Waals surface area contributed by atoms with E-state index in [2.05, 4.69) is 9.55 Å². The van der Waals surface area contributed by atoms with E-state index in [1.54, 1.807) is 0 Å². The maximum absolute atomic E-state index is 6.34. The number of imidazole rings is 1. The fraction of sp³-hybridized carbons (Fsp3) is 0.357. The zero-order valence-corrected chi connectivity index (χ0v) is 11.0. The maximum Gasteiger partial charge on any atom is 0.0998 e. The Bertz CT molecular complexity index is 574. The number of rotatable bonds is 2. The first kappa shape index (κ1) is 11.8. The van der Waals surface area contributed by atoms with Crippen LogP contribution < -0.4 is 5.73 Å². The molecule has 0 amide bonds. The van der Waals surface area contributed by atoms with Crippen LogP contribution in [0.2, 0.25) is 5.02 Å². The summed E-state index contributed by atoms with van der Waals surface area (Å²) in [4.78, 5) is 4.51. The van der Waals surface area contributed by atoms with Crippen LogP contribution in [-0.4, -0.2) is 9.55 Å². The van der Waals surface area contributed by atoms with Gasteiger partial charge in [0, 0.05) is 12.2 Å². The molecule has 18 heavy (non-hydrogen) atoms. The van der Waals surface area contributed by atoms with Crippen LogP contribution >= 0.6 is 11.6 Å². The van der Waals surface area contributed by atoms with Crippen molar-refractivity contribution in [3.63, 3.8) is 0 Å². The number of nitrogens with two attached hydrogens (primary N) is 1. The molecule has 0 bridgehead atoms. The molecule has 0 atom stereocenters. The van der Waals surface area contributed by atoms with Gasteiger partial charge in [0.1, 0.15) is 0 Å². The molecule has 1 aliphatic carbocycles. The monoisotopic (exact) mass is 261 g/mol. The number of aryl methyl sites for hydroxylation is 1. The van der Waals surface area contributed by atoms with E-state index in [9.17, 15) is 0 Å². The molecule has 1 aliphatic rings. The van der Waals surface area contributed by atoms with Crippen LogP contribution in [0, 0.1) is 0 Å². The minimum absolute atomic E-state index is 0.489. The smallest absolute Gasteiger partial charge is 0.0998 e. The van der Waals surface area contributed by atoms with E-state index in [4.69, 9.17) is 17.3 Å². The first-order valence-corrected chi connectivity index (χ1v) is 6.72. The number of halogens is 1. The molecule has 3 nitrogen and oxygen atoms in total. The summed E-state index contributed by atoms with van der Waals surface area (Å²) in [7, 11) is 0. The Morgan fingerprint density at radius 1 is 1.28 bits per heavy atom. The normalized spacial score (nSPS) is 14.6. The van der Waals surface area contributed by atoms with Crippen LogP contribution in [0.5, 0.6) is 0 Å². The lowest BCUT2D eigenvalue weighted by Crippen LogP contribution is -2.10. The summed E-state index contributed by atoms with van der Waals surface area (Å²) in [5.41, 5.74) is 10.4. The number of fused-ring (bicyclic) bond motifs is 1. The van der Waals surface area contributed by atoms with Crippen molar-refractivity contribution in [1.82, 2.24) is 9.55 Å². The number of hydrogen-bond acceptors (Lipinski definition) is 2. The Balaban J connectivity index is 2.18. The second-order valence-corrected chi connectivity index (χ2v) is 5.07. The first-order chi connectivity index (χ1) is 8.81. The molecule has 2 N–H and O–H groups in total. The molecule has 1 aromatic carbocycles. The SMILES string of the molecule is NCc1cccc(Cl)c1-n1cnc2c1CCCC2. The lowest BCUT2D eigenvalue weighted by atomic mass is 10.0. The lowest BCUT2D eigenvalue weighted by molar-refractivity contribution is 0.655. The number of nitrogens with zero attached hydrogens (tertiary/aromatic N) is 2. The molecule has 1 heterocycles. The highest BCUT2D eigenvalue weighted by Crippen LogP contribution is 2.29. The average Bonchev–Trinajstić information content (AvgIpc) is 2.82. The van der Waals surface area contributed by atoms with Crippen molar-refractivity contribution < 1.29 is 0 Å². The fourth-order valence-electron chi connectivity index (χ4n) is 2.66. The average molecular weight is 262 g/mol. The Labute approximate surface area is 112 Å². The highest BCUT2D eigenvalue weighted by molar-refractivity contribution is 6.32. The van der Waals surface area contributed by atoms with Gasteiger partial charge < -0.3 is 10.3 Å². The van der Waals surface area contributed by atoms with Crippen molar-refractivity contribution in [3.8, 4) is 5.69 Å². The quantitative estimate of drug-likeness (QED) is 0.903. The van der Waals surface area contributed by atoms with Crippen molar-refractivity contribution in [2.75, 3.05) is 0 Å². The summed E-state index contributed by atoms with van der Waals surface area (Å²) in [6.07, 6.45) is 6.49. The van der Waals surface area contributed by atoms with Crippen LogP contribution in [0.25, 0.3) is 5.69 Å². The predicted molar refractivity (Wildman–Crippen MR) is 73.1 cm³/mol. The highest BCUT2D eigenvalue weighted by Gasteiger charge is 2.18. The van der Waals surface area contributed by atoms with Gasteiger partial charge in [-0.15, -0.1) is 0 Å². The highest BCUT2D eigenvalue weighted by atomic mass is 35.5. The van der Waals surface area contributed by atoms with Crippen molar-refractivity contribution >= 4 is 11.6 Å². The van der Waals surface area contributed by atoms with Gasteiger partial charge in [0.2, 0.25) is 0 Å². The van der Waals surface area contributed by atoms with Gasteiger partial charge in [-0.1, -0.05) is 23.7 Å². The fourth-order valence-corrected chi connectivity index (χ4v) is 2.94. The second kappa shape index (κ2) is 4.75. The summed E-state index contributed by atoms with van der Waals surface area (Å²) in [6, 6.07) is 5.87. The van der Waals surface area contributed by atoms with Crippen LogP contribution in [-0.2, 0) is 19.4 Å². The minimum Gasteiger partial charge on any atom is -0.326 e. The van der Waals surface area contributed by atoms with Gasteiger partial charge in [-0.05, 0) is 37.3 Å². The van der Waals surface area contributed by atoms with E-state index in [0.29, 0.717) is 6.54 Å². The van der Waals surface area contributed by atoms with Crippen LogP contribution in [0.4, 0.5) is 0 Å². The van der Waals surface area contributed by atoms with Crippen molar-refractivity contribution in [3.05, 3.63) is 46.5 Å². The Morgan fingerprint density at radius 3 is 2.94 bits per heavy atom. The molecule has 4 heteroatoms.